The summed E-state index contributed by atoms with van der Waals surface area (Å²) >= 11 is 0. The summed E-state index contributed by atoms with van der Waals surface area (Å²) in [6.07, 6.45) is 5.77. The largest absolute Gasteiger partial charge is 0.315 e. The molecule has 0 aliphatic heterocycles. The van der Waals surface area contributed by atoms with Crippen molar-refractivity contribution in [3.05, 3.63) is 35.9 Å². The van der Waals surface area contributed by atoms with Crippen molar-refractivity contribution in [2.75, 3.05) is 19.6 Å². The smallest absolute Gasteiger partial charge is 0.0206 e. The predicted molar refractivity (Wildman–Crippen MR) is 73.0 cm³/mol. The molecule has 0 saturated heterocycles. The van der Waals surface area contributed by atoms with Gasteiger partial charge in [0.05, 0.1) is 0 Å². The molecule has 94 valence electrons. The van der Waals surface area contributed by atoms with Gasteiger partial charge in [0, 0.05) is 19.6 Å². The van der Waals surface area contributed by atoms with Crippen LogP contribution in [0.15, 0.2) is 30.3 Å². The summed E-state index contributed by atoms with van der Waals surface area (Å²) in [4.78, 5) is 0. The third-order valence-electron chi connectivity index (χ3n) is 3.60. The van der Waals surface area contributed by atoms with Crippen LogP contribution in [0.25, 0.3) is 0 Å². The molecule has 2 rings (SSSR count). The van der Waals surface area contributed by atoms with E-state index >= 15 is 0 Å². The molecule has 0 spiro atoms. The number of nitrogens with one attached hydrogen (secondary N) is 2. The molecular formula is C15H24N2. The van der Waals surface area contributed by atoms with Crippen molar-refractivity contribution >= 4 is 0 Å². The molecule has 0 aromatic heterocycles. The molecule has 0 atom stereocenters. The Labute approximate surface area is 105 Å². The highest BCUT2D eigenvalue weighted by Crippen LogP contribution is 2.28. The quantitative estimate of drug-likeness (QED) is 0.673. The minimum Gasteiger partial charge on any atom is -0.315 e. The van der Waals surface area contributed by atoms with Crippen molar-refractivity contribution in [1.82, 2.24) is 10.6 Å². The average molecular weight is 232 g/mol. The summed E-state index contributed by atoms with van der Waals surface area (Å²) in [5.41, 5.74) is 1.36. The van der Waals surface area contributed by atoms with Gasteiger partial charge in [-0.25, -0.2) is 0 Å². The fraction of sp³-hybridized carbons (Fsp3) is 0.600. The monoisotopic (exact) mass is 232 g/mol. The zero-order chi connectivity index (χ0) is 11.8. The molecule has 1 aliphatic carbocycles. The summed E-state index contributed by atoms with van der Waals surface area (Å²) in [5.74, 6) is 1.03. The van der Waals surface area contributed by atoms with Crippen LogP contribution in [0.2, 0.25) is 0 Å². The molecular weight excluding hydrogens is 208 g/mol. The maximum Gasteiger partial charge on any atom is 0.0206 e. The Bertz CT molecular complexity index is 293. The Morgan fingerprint density at radius 2 is 1.71 bits per heavy atom. The summed E-state index contributed by atoms with van der Waals surface area (Å²) in [6.45, 7) is 4.31. The second-order valence-corrected chi connectivity index (χ2v) is 5.00. The Morgan fingerprint density at radius 1 is 0.941 bits per heavy atom. The third-order valence-corrected chi connectivity index (χ3v) is 3.60. The minimum absolute atomic E-state index is 0.977. The Kier molecular flexibility index (Phi) is 5.53. The van der Waals surface area contributed by atoms with E-state index in [-0.39, 0.29) is 0 Å². The molecule has 0 heterocycles. The topological polar surface area (TPSA) is 24.1 Å². The fourth-order valence-corrected chi connectivity index (χ4v) is 2.22. The molecule has 2 N–H and O–H groups in total. The average Bonchev–Trinajstić information content (AvgIpc) is 2.31. The lowest BCUT2D eigenvalue weighted by Gasteiger charge is -2.25. The number of benzene rings is 1. The van der Waals surface area contributed by atoms with E-state index in [2.05, 4.69) is 41.0 Å². The fourth-order valence-electron chi connectivity index (χ4n) is 2.22. The second-order valence-electron chi connectivity index (χ2n) is 5.00. The summed E-state index contributed by atoms with van der Waals surface area (Å²) < 4.78 is 0. The zero-order valence-corrected chi connectivity index (χ0v) is 10.6. The Hall–Kier alpha value is -0.860. The normalized spacial score (nSPS) is 15.8. The first kappa shape index (κ1) is 12.6. The molecule has 1 saturated carbocycles. The van der Waals surface area contributed by atoms with E-state index in [0.29, 0.717) is 0 Å². The molecule has 2 heteroatoms. The van der Waals surface area contributed by atoms with Crippen molar-refractivity contribution in [2.45, 2.75) is 32.2 Å². The minimum atomic E-state index is 0.977. The lowest BCUT2D eigenvalue weighted by molar-refractivity contribution is 0.292. The molecule has 0 radical (unpaired) electrons. The molecule has 17 heavy (non-hydrogen) atoms. The van der Waals surface area contributed by atoms with Crippen molar-refractivity contribution in [2.24, 2.45) is 5.92 Å². The van der Waals surface area contributed by atoms with Crippen molar-refractivity contribution < 1.29 is 0 Å². The van der Waals surface area contributed by atoms with Gasteiger partial charge in [-0.15, -0.1) is 0 Å². The molecule has 0 bridgehead atoms. The lowest BCUT2D eigenvalue weighted by Crippen LogP contribution is -2.29. The second kappa shape index (κ2) is 7.46. The first-order chi connectivity index (χ1) is 8.45. The number of rotatable bonds is 8. The van der Waals surface area contributed by atoms with E-state index < -0.39 is 0 Å². The summed E-state index contributed by atoms with van der Waals surface area (Å²) in [7, 11) is 0. The zero-order valence-electron chi connectivity index (χ0n) is 10.6. The number of hydrogen-bond donors (Lipinski definition) is 2. The van der Waals surface area contributed by atoms with Crippen LogP contribution < -0.4 is 10.6 Å². The molecule has 2 nitrogen and oxygen atoms in total. The van der Waals surface area contributed by atoms with Crippen molar-refractivity contribution in [1.29, 1.82) is 0 Å². The van der Waals surface area contributed by atoms with E-state index in [0.717, 1.165) is 25.6 Å². The highest BCUT2D eigenvalue weighted by Gasteiger charge is 2.15. The molecule has 1 aromatic carbocycles. The maximum absolute atomic E-state index is 3.51. The van der Waals surface area contributed by atoms with Gasteiger partial charge < -0.3 is 10.6 Å². The first-order valence-corrected chi connectivity index (χ1v) is 6.90. The predicted octanol–water partition coefficient (Wildman–Crippen LogP) is 2.56. The van der Waals surface area contributed by atoms with Gasteiger partial charge in [0.25, 0.3) is 0 Å². The van der Waals surface area contributed by atoms with Crippen LogP contribution >= 0.6 is 0 Å². The SMILES string of the molecule is c1ccc(CNCCNCCC2CCC2)cc1. The van der Waals surface area contributed by atoms with Gasteiger partial charge in [-0.3, -0.25) is 0 Å². The van der Waals surface area contributed by atoms with Gasteiger partial charge in [0.15, 0.2) is 0 Å². The number of hydrogen-bond acceptors (Lipinski definition) is 2. The van der Waals surface area contributed by atoms with Gasteiger partial charge in [-0.05, 0) is 24.4 Å². The van der Waals surface area contributed by atoms with E-state index in [1.165, 1.54) is 37.8 Å². The highest BCUT2D eigenvalue weighted by atomic mass is 14.9. The maximum atomic E-state index is 3.51. The summed E-state index contributed by atoms with van der Waals surface area (Å²) in [6, 6.07) is 10.6. The Morgan fingerprint density at radius 3 is 2.41 bits per heavy atom. The van der Waals surface area contributed by atoms with Crippen LogP contribution in [0, 0.1) is 5.92 Å². The Balaban J connectivity index is 1.41. The van der Waals surface area contributed by atoms with Gasteiger partial charge in [-0.1, -0.05) is 49.6 Å². The van der Waals surface area contributed by atoms with Gasteiger partial charge >= 0.3 is 0 Å². The van der Waals surface area contributed by atoms with Crippen LogP contribution in [-0.2, 0) is 6.54 Å². The van der Waals surface area contributed by atoms with Crippen LogP contribution in [0.5, 0.6) is 0 Å². The van der Waals surface area contributed by atoms with E-state index in [9.17, 15) is 0 Å². The van der Waals surface area contributed by atoms with Crippen molar-refractivity contribution in [3.8, 4) is 0 Å². The van der Waals surface area contributed by atoms with Gasteiger partial charge in [0.2, 0.25) is 0 Å². The lowest BCUT2D eigenvalue weighted by atomic mass is 9.83. The highest BCUT2D eigenvalue weighted by molar-refractivity contribution is 5.14. The van der Waals surface area contributed by atoms with E-state index in [4.69, 9.17) is 0 Å². The molecule has 0 amide bonds. The van der Waals surface area contributed by atoms with Crippen LogP contribution in [-0.4, -0.2) is 19.6 Å². The van der Waals surface area contributed by atoms with E-state index in [1.54, 1.807) is 0 Å². The third kappa shape index (κ3) is 4.88. The van der Waals surface area contributed by atoms with Crippen LogP contribution in [0.4, 0.5) is 0 Å². The standard InChI is InChI=1S/C15H24N2/c1-2-5-15(6-3-1)13-17-12-11-16-10-9-14-7-4-8-14/h1-3,5-6,14,16-17H,4,7-13H2. The van der Waals surface area contributed by atoms with Gasteiger partial charge in [0.1, 0.15) is 0 Å². The first-order valence-electron chi connectivity index (χ1n) is 6.90. The summed E-state index contributed by atoms with van der Waals surface area (Å²) in [5, 5.41) is 6.96. The van der Waals surface area contributed by atoms with E-state index in [1.807, 2.05) is 0 Å². The molecule has 1 aliphatic rings. The van der Waals surface area contributed by atoms with Crippen LogP contribution in [0.1, 0.15) is 31.2 Å². The molecule has 0 unspecified atom stereocenters. The van der Waals surface area contributed by atoms with Crippen molar-refractivity contribution in [3.63, 3.8) is 0 Å². The molecule has 1 aromatic rings. The van der Waals surface area contributed by atoms with Gasteiger partial charge in [-0.2, -0.15) is 0 Å². The van der Waals surface area contributed by atoms with Crippen LogP contribution in [0.3, 0.4) is 0 Å². The molecule has 1 fully saturated rings.